The second-order valence-electron chi connectivity index (χ2n) is 3.62. The summed E-state index contributed by atoms with van der Waals surface area (Å²) in [5.41, 5.74) is 0.552. The van der Waals surface area contributed by atoms with Crippen molar-refractivity contribution in [2.24, 2.45) is 0 Å². The molecule has 2 aromatic rings. The number of thiophene rings is 1. The highest BCUT2D eigenvalue weighted by Crippen LogP contribution is 2.16. The van der Waals surface area contributed by atoms with Crippen molar-refractivity contribution < 1.29 is 14.3 Å². The van der Waals surface area contributed by atoms with Crippen LogP contribution in [0.3, 0.4) is 0 Å². The van der Waals surface area contributed by atoms with E-state index in [-0.39, 0.29) is 0 Å². The molecule has 0 saturated carbocycles. The second-order valence-corrected chi connectivity index (χ2v) is 4.57. The number of nitrogens with one attached hydrogen (secondary N) is 2. The summed E-state index contributed by atoms with van der Waals surface area (Å²) in [6, 6.07) is 9.70. The van der Waals surface area contributed by atoms with E-state index >= 15 is 0 Å². The van der Waals surface area contributed by atoms with Crippen molar-refractivity contribution in [3.63, 3.8) is 0 Å². The van der Waals surface area contributed by atoms with Crippen LogP contribution in [0.15, 0.2) is 41.8 Å². The number of imide groups is 1. The zero-order valence-electron chi connectivity index (χ0n) is 10.2. The first kappa shape index (κ1) is 13.1. The largest absolute Gasteiger partial charge is 0.497 e. The van der Waals surface area contributed by atoms with E-state index in [2.05, 4.69) is 10.6 Å². The van der Waals surface area contributed by atoms with Gasteiger partial charge in [0.15, 0.2) is 0 Å². The lowest BCUT2D eigenvalue weighted by Gasteiger charge is -2.07. The summed E-state index contributed by atoms with van der Waals surface area (Å²) in [6.07, 6.45) is 0. The summed E-state index contributed by atoms with van der Waals surface area (Å²) in [5, 5.41) is 6.58. The first-order valence-electron chi connectivity index (χ1n) is 5.49. The minimum Gasteiger partial charge on any atom is -0.497 e. The van der Waals surface area contributed by atoms with Crippen LogP contribution in [0.25, 0.3) is 0 Å². The third kappa shape index (κ3) is 3.56. The predicted molar refractivity (Wildman–Crippen MR) is 73.8 cm³/mol. The van der Waals surface area contributed by atoms with Gasteiger partial charge in [0.25, 0.3) is 5.91 Å². The van der Waals surface area contributed by atoms with Crippen LogP contribution in [0.4, 0.5) is 10.5 Å². The van der Waals surface area contributed by atoms with Gasteiger partial charge in [-0.25, -0.2) is 4.79 Å². The summed E-state index contributed by atoms with van der Waals surface area (Å²) in [5.74, 6) is 0.206. The highest BCUT2D eigenvalue weighted by Gasteiger charge is 2.11. The van der Waals surface area contributed by atoms with Gasteiger partial charge in [0, 0.05) is 11.8 Å². The van der Waals surface area contributed by atoms with Crippen LogP contribution in [0.1, 0.15) is 9.67 Å². The normalized spacial score (nSPS) is 9.74. The molecule has 19 heavy (non-hydrogen) atoms. The van der Waals surface area contributed by atoms with E-state index in [1.54, 1.807) is 48.9 Å². The molecule has 0 spiro atoms. The monoisotopic (exact) mass is 276 g/mol. The van der Waals surface area contributed by atoms with Crippen molar-refractivity contribution in [1.29, 1.82) is 0 Å². The molecule has 1 heterocycles. The van der Waals surface area contributed by atoms with Gasteiger partial charge in [-0.05, 0) is 23.6 Å². The predicted octanol–water partition coefficient (Wildman–Crippen LogP) is 2.72. The Kier molecular flexibility index (Phi) is 4.15. The molecule has 98 valence electrons. The SMILES string of the molecule is COc1cccc(NC(=O)NC(=O)c2cccs2)c1. The zero-order valence-corrected chi connectivity index (χ0v) is 11.0. The fourth-order valence-electron chi connectivity index (χ4n) is 1.44. The molecule has 5 nitrogen and oxygen atoms in total. The molecule has 0 aliphatic rings. The molecule has 0 atom stereocenters. The molecule has 0 fully saturated rings. The molecule has 0 aliphatic carbocycles. The zero-order chi connectivity index (χ0) is 13.7. The van der Waals surface area contributed by atoms with Gasteiger partial charge in [-0.15, -0.1) is 11.3 Å². The number of rotatable bonds is 3. The Morgan fingerprint density at radius 3 is 2.74 bits per heavy atom. The molecule has 1 aromatic carbocycles. The summed E-state index contributed by atoms with van der Waals surface area (Å²) in [6.45, 7) is 0. The van der Waals surface area contributed by atoms with Crippen molar-refractivity contribution in [1.82, 2.24) is 5.32 Å². The standard InChI is InChI=1S/C13H12N2O3S/c1-18-10-5-2-4-9(8-10)14-13(17)15-12(16)11-6-3-7-19-11/h2-8H,1H3,(H2,14,15,16,17). The van der Waals surface area contributed by atoms with Crippen LogP contribution in [0, 0.1) is 0 Å². The summed E-state index contributed by atoms with van der Waals surface area (Å²) in [4.78, 5) is 23.8. The Balaban J connectivity index is 1.95. The number of carbonyl (C=O) groups is 2. The molecule has 2 N–H and O–H groups in total. The minimum absolute atomic E-state index is 0.421. The topological polar surface area (TPSA) is 67.4 Å². The Morgan fingerprint density at radius 2 is 2.05 bits per heavy atom. The van der Waals surface area contributed by atoms with Crippen molar-refractivity contribution in [2.75, 3.05) is 12.4 Å². The van der Waals surface area contributed by atoms with Crippen LogP contribution < -0.4 is 15.4 Å². The third-order valence-electron chi connectivity index (χ3n) is 2.30. The van der Waals surface area contributed by atoms with Crippen molar-refractivity contribution in [3.8, 4) is 5.75 Å². The average molecular weight is 276 g/mol. The molecule has 1 aromatic heterocycles. The van der Waals surface area contributed by atoms with Crippen LogP contribution >= 0.6 is 11.3 Å². The van der Waals surface area contributed by atoms with Gasteiger partial charge >= 0.3 is 6.03 Å². The van der Waals surface area contributed by atoms with Crippen molar-refractivity contribution in [3.05, 3.63) is 46.7 Å². The first-order chi connectivity index (χ1) is 9.19. The van der Waals surface area contributed by atoms with Gasteiger partial charge in [0.2, 0.25) is 0 Å². The molecule has 0 bridgehead atoms. The molecule has 0 unspecified atom stereocenters. The highest BCUT2D eigenvalue weighted by atomic mass is 32.1. The first-order valence-corrected chi connectivity index (χ1v) is 6.37. The lowest BCUT2D eigenvalue weighted by atomic mass is 10.3. The fraction of sp³-hybridized carbons (Fsp3) is 0.0769. The summed E-state index contributed by atoms with van der Waals surface area (Å²) >= 11 is 1.27. The lowest BCUT2D eigenvalue weighted by Crippen LogP contribution is -2.33. The van der Waals surface area contributed by atoms with E-state index in [9.17, 15) is 9.59 Å². The lowest BCUT2D eigenvalue weighted by molar-refractivity contribution is 0.0971. The van der Waals surface area contributed by atoms with E-state index < -0.39 is 11.9 Å². The van der Waals surface area contributed by atoms with Crippen LogP contribution in [-0.2, 0) is 0 Å². The Labute approximate surface area is 114 Å². The van der Waals surface area contributed by atoms with E-state index in [0.717, 1.165) is 0 Å². The maximum absolute atomic E-state index is 11.6. The molecule has 2 rings (SSSR count). The van der Waals surface area contributed by atoms with Gasteiger partial charge in [0.1, 0.15) is 5.75 Å². The number of anilines is 1. The fourth-order valence-corrected chi connectivity index (χ4v) is 2.05. The number of ether oxygens (including phenoxy) is 1. The maximum atomic E-state index is 11.6. The van der Waals surface area contributed by atoms with Crippen molar-refractivity contribution in [2.45, 2.75) is 0 Å². The number of benzene rings is 1. The number of carbonyl (C=O) groups excluding carboxylic acids is 2. The third-order valence-corrected chi connectivity index (χ3v) is 3.17. The molecule has 0 saturated heterocycles. The van der Waals surface area contributed by atoms with E-state index in [1.807, 2.05) is 0 Å². The molecule has 6 heteroatoms. The van der Waals surface area contributed by atoms with Gasteiger partial charge in [-0.2, -0.15) is 0 Å². The van der Waals surface area contributed by atoms with Gasteiger partial charge in [0.05, 0.1) is 12.0 Å². The molecular weight excluding hydrogens is 264 g/mol. The number of methoxy groups -OCH3 is 1. The summed E-state index contributed by atoms with van der Waals surface area (Å²) < 4.78 is 5.04. The Hall–Kier alpha value is -2.34. The van der Waals surface area contributed by atoms with Gasteiger partial charge in [-0.3, -0.25) is 10.1 Å². The second kappa shape index (κ2) is 6.01. The van der Waals surface area contributed by atoms with Gasteiger partial charge < -0.3 is 10.1 Å². The van der Waals surface area contributed by atoms with E-state index in [1.165, 1.54) is 11.3 Å². The molecule has 0 radical (unpaired) electrons. The summed E-state index contributed by atoms with van der Waals surface area (Å²) in [7, 11) is 1.54. The number of hydrogen-bond acceptors (Lipinski definition) is 4. The Morgan fingerprint density at radius 1 is 1.21 bits per heavy atom. The van der Waals surface area contributed by atoms with Gasteiger partial charge in [-0.1, -0.05) is 12.1 Å². The smallest absolute Gasteiger partial charge is 0.326 e. The maximum Gasteiger partial charge on any atom is 0.326 e. The molecular formula is C13H12N2O3S. The minimum atomic E-state index is -0.577. The van der Waals surface area contributed by atoms with Crippen LogP contribution in [0.2, 0.25) is 0 Å². The number of urea groups is 1. The average Bonchev–Trinajstić information content (AvgIpc) is 2.92. The van der Waals surface area contributed by atoms with E-state index in [4.69, 9.17) is 4.74 Å². The number of hydrogen-bond donors (Lipinski definition) is 2. The highest BCUT2D eigenvalue weighted by molar-refractivity contribution is 7.12. The number of amides is 3. The molecule has 0 aliphatic heterocycles. The van der Waals surface area contributed by atoms with Crippen molar-refractivity contribution >= 4 is 29.0 Å². The van der Waals surface area contributed by atoms with E-state index in [0.29, 0.717) is 16.3 Å². The quantitative estimate of drug-likeness (QED) is 0.905. The van der Waals surface area contributed by atoms with Crippen LogP contribution in [-0.4, -0.2) is 19.0 Å². The van der Waals surface area contributed by atoms with Crippen LogP contribution in [0.5, 0.6) is 5.75 Å². The molecule has 3 amide bonds. The Bertz CT molecular complexity index is 581.